The molecule has 1 aliphatic heterocycles. The zero-order valence-electron chi connectivity index (χ0n) is 18.9. The lowest BCUT2D eigenvalue weighted by Crippen LogP contribution is -2.54. The molecule has 0 spiro atoms. The Morgan fingerprint density at radius 3 is 2.14 bits per heavy atom. The number of urea groups is 1. The van der Waals surface area contributed by atoms with Crippen molar-refractivity contribution in [1.29, 1.82) is 0 Å². The van der Waals surface area contributed by atoms with Crippen LogP contribution in [-0.2, 0) is 9.59 Å². The molecular formula is C26H19N4O6-. The summed E-state index contributed by atoms with van der Waals surface area (Å²) in [5.74, 6) is -2.44. The zero-order chi connectivity index (χ0) is 25.8. The Balaban J connectivity index is 1.64. The molecule has 0 atom stereocenters. The lowest BCUT2D eigenvalue weighted by Gasteiger charge is -2.26. The molecule has 4 rings (SSSR count). The topological polar surface area (TPSA) is 144 Å². The normalized spacial score (nSPS) is 15.6. The number of para-hydroxylation sites is 2. The van der Waals surface area contributed by atoms with E-state index >= 15 is 0 Å². The minimum absolute atomic E-state index is 0.272. The molecule has 1 aliphatic rings. The number of barbiturate groups is 1. The van der Waals surface area contributed by atoms with Crippen molar-refractivity contribution < 1.29 is 19.5 Å². The van der Waals surface area contributed by atoms with Gasteiger partial charge >= 0.3 is 11.7 Å². The highest BCUT2D eigenvalue weighted by Gasteiger charge is 2.36. The van der Waals surface area contributed by atoms with Gasteiger partial charge in [-0.05, 0) is 49.2 Å². The number of carbonyl (C=O) groups is 3. The van der Waals surface area contributed by atoms with Crippen molar-refractivity contribution in [3.05, 3.63) is 116 Å². The molecule has 36 heavy (non-hydrogen) atoms. The average molecular weight is 483 g/mol. The fourth-order valence-electron chi connectivity index (χ4n) is 3.46. The van der Waals surface area contributed by atoms with Gasteiger partial charge in [0.25, 0.3) is 17.4 Å². The minimum atomic E-state index is -0.857. The first kappa shape index (κ1) is 23.9. The van der Waals surface area contributed by atoms with Gasteiger partial charge in [0.05, 0.1) is 5.69 Å². The van der Waals surface area contributed by atoms with Crippen molar-refractivity contribution in [3.8, 4) is 11.6 Å². The maximum atomic E-state index is 12.8. The van der Waals surface area contributed by atoms with Crippen LogP contribution in [0, 0.1) is 0 Å². The summed E-state index contributed by atoms with van der Waals surface area (Å²) in [6.07, 6.45) is 5.34. The van der Waals surface area contributed by atoms with Crippen molar-refractivity contribution >= 4 is 29.6 Å². The monoisotopic (exact) mass is 483 g/mol. The molecule has 1 fully saturated rings. The minimum Gasteiger partial charge on any atom is -0.859 e. The SMILES string of the molecule is CC(C=Cc1c([O-])n(-c2ccccc2)c(=O)[nH]c1=O)=CC=C1C(=O)NC(=O)N(c2ccccc2)C1=O. The molecule has 1 saturated heterocycles. The van der Waals surface area contributed by atoms with Crippen molar-refractivity contribution in [2.75, 3.05) is 4.90 Å². The number of imide groups is 2. The third-order valence-electron chi connectivity index (χ3n) is 5.26. The van der Waals surface area contributed by atoms with E-state index in [9.17, 15) is 29.1 Å². The van der Waals surface area contributed by atoms with Gasteiger partial charge in [-0.15, -0.1) is 0 Å². The van der Waals surface area contributed by atoms with Gasteiger partial charge in [-0.3, -0.25) is 29.3 Å². The average Bonchev–Trinajstić information content (AvgIpc) is 2.84. The van der Waals surface area contributed by atoms with Crippen LogP contribution in [0.3, 0.4) is 0 Å². The van der Waals surface area contributed by atoms with Gasteiger partial charge in [0.15, 0.2) is 0 Å². The number of hydrogen-bond donors (Lipinski definition) is 2. The molecular weight excluding hydrogens is 464 g/mol. The Morgan fingerprint density at radius 1 is 0.889 bits per heavy atom. The van der Waals surface area contributed by atoms with E-state index in [1.807, 2.05) is 0 Å². The Labute approximate surface area is 204 Å². The smallest absolute Gasteiger partial charge is 0.335 e. The highest BCUT2D eigenvalue weighted by molar-refractivity contribution is 6.37. The summed E-state index contributed by atoms with van der Waals surface area (Å²) in [5, 5.41) is 15.0. The Hall–Kier alpha value is -5.25. The van der Waals surface area contributed by atoms with Gasteiger partial charge in [0.1, 0.15) is 5.57 Å². The molecule has 2 heterocycles. The quantitative estimate of drug-likeness (QED) is 0.321. The maximum Gasteiger partial charge on any atom is 0.335 e. The molecule has 3 aromatic rings. The number of anilines is 1. The molecule has 0 bridgehead atoms. The molecule has 10 heteroatoms. The number of amides is 4. The lowest BCUT2D eigenvalue weighted by molar-refractivity contribution is -0.278. The zero-order valence-corrected chi connectivity index (χ0v) is 18.9. The number of nitrogens with zero attached hydrogens (tertiary/aromatic N) is 2. The van der Waals surface area contributed by atoms with E-state index in [-0.39, 0.29) is 11.1 Å². The molecule has 1 aromatic heterocycles. The standard InChI is InChI=1S/C26H20N4O6/c1-16(12-14-19-21(31)27-25(35)29(23(19)33)17-8-4-2-5-9-17)13-15-20-22(32)28-26(36)30(24(20)34)18-10-6-3-7-11-18/h2-15,33H,1H3,(H,27,31,35)(H,28,32,36)/p-1. The number of H-pyrrole nitrogens is 1. The van der Waals surface area contributed by atoms with Gasteiger partial charge in [-0.2, -0.15) is 0 Å². The molecule has 0 aliphatic carbocycles. The molecule has 2 aromatic carbocycles. The van der Waals surface area contributed by atoms with Crippen LogP contribution in [0.1, 0.15) is 12.5 Å². The lowest BCUT2D eigenvalue weighted by atomic mass is 10.1. The summed E-state index contributed by atoms with van der Waals surface area (Å²) in [6, 6.07) is 15.4. The third-order valence-corrected chi connectivity index (χ3v) is 5.26. The second-order valence-electron chi connectivity index (χ2n) is 7.71. The first-order valence-corrected chi connectivity index (χ1v) is 10.7. The molecule has 10 nitrogen and oxygen atoms in total. The summed E-state index contributed by atoms with van der Waals surface area (Å²) in [6.45, 7) is 1.62. The first-order valence-electron chi connectivity index (χ1n) is 10.7. The molecule has 4 amide bonds. The fraction of sp³-hybridized carbons (Fsp3) is 0.0385. The van der Waals surface area contributed by atoms with E-state index < -0.39 is 35.0 Å². The highest BCUT2D eigenvalue weighted by atomic mass is 16.3. The number of aromatic nitrogens is 2. The fourth-order valence-corrected chi connectivity index (χ4v) is 3.46. The number of hydrogen-bond acceptors (Lipinski definition) is 6. The Kier molecular flexibility index (Phi) is 6.59. The van der Waals surface area contributed by atoms with Crippen LogP contribution in [0.2, 0.25) is 0 Å². The molecule has 0 saturated carbocycles. The van der Waals surface area contributed by atoms with Crippen molar-refractivity contribution in [2.45, 2.75) is 6.92 Å². The van der Waals surface area contributed by atoms with Crippen molar-refractivity contribution in [2.24, 2.45) is 0 Å². The van der Waals surface area contributed by atoms with Gasteiger partial charge in [0, 0.05) is 11.3 Å². The van der Waals surface area contributed by atoms with Crippen LogP contribution < -0.4 is 26.6 Å². The van der Waals surface area contributed by atoms with Gasteiger partial charge in [-0.1, -0.05) is 54.1 Å². The summed E-state index contributed by atoms with van der Waals surface area (Å²) >= 11 is 0. The van der Waals surface area contributed by atoms with Crippen molar-refractivity contribution in [1.82, 2.24) is 14.9 Å². The number of allylic oxidation sites excluding steroid dienone is 4. The van der Waals surface area contributed by atoms with Crippen molar-refractivity contribution in [3.63, 3.8) is 0 Å². The number of rotatable bonds is 5. The van der Waals surface area contributed by atoms with Crippen LogP contribution in [-0.4, -0.2) is 27.4 Å². The van der Waals surface area contributed by atoms with Crippen LogP contribution >= 0.6 is 0 Å². The second-order valence-corrected chi connectivity index (χ2v) is 7.71. The number of benzene rings is 2. The summed E-state index contributed by atoms with van der Waals surface area (Å²) in [5.41, 5.74) is -1.17. The summed E-state index contributed by atoms with van der Waals surface area (Å²) < 4.78 is 0.850. The summed E-state index contributed by atoms with van der Waals surface area (Å²) in [4.78, 5) is 64.8. The highest BCUT2D eigenvalue weighted by Crippen LogP contribution is 2.20. The van der Waals surface area contributed by atoms with Crippen LogP contribution in [0.4, 0.5) is 10.5 Å². The van der Waals surface area contributed by atoms with E-state index in [4.69, 9.17) is 0 Å². The van der Waals surface area contributed by atoms with Gasteiger partial charge in [0.2, 0.25) is 0 Å². The third kappa shape index (κ3) is 4.68. The number of nitrogens with one attached hydrogen (secondary N) is 2. The first-order chi connectivity index (χ1) is 17.3. The van der Waals surface area contributed by atoms with Gasteiger partial charge < -0.3 is 5.11 Å². The van der Waals surface area contributed by atoms with E-state index in [1.165, 1.54) is 24.3 Å². The van der Waals surface area contributed by atoms with Crippen LogP contribution in [0.5, 0.6) is 5.88 Å². The largest absolute Gasteiger partial charge is 0.859 e. The van der Waals surface area contributed by atoms with Gasteiger partial charge in [-0.25, -0.2) is 14.5 Å². The number of carbonyl (C=O) groups excluding carboxylic acids is 3. The van der Waals surface area contributed by atoms with E-state index in [0.29, 0.717) is 16.9 Å². The van der Waals surface area contributed by atoms with E-state index in [2.05, 4.69) is 10.3 Å². The maximum absolute atomic E-state index is 12.8. The molecule has 180 valence electrons. The molecule has 0 radical (unpaired) electrons. The van der Waals surface area contributed by atoms with Crippen LogP contribution in [0.25, 0.3) is 11.8 Å². The number of aromatic amines is 1. The second kappa shape index (κ2) is 9.94. The van der Waals surface area contributed by atoms with E-state index in [1.54, 1.807) is 67.6 Å². The Bertz CT molecular complexity index is 1560. The van der Waals surface area contributed by atoms with E-state index in [0.717, 1.165) is 9.47 Å². The summed E-state index contributed by atoms with van der Waals surface area (Å²) in [7, 11) is 0. The predicted molar refractivity (Wildman–Crippen MR) is 130 cm³/mol. The Morgan fingerprint density at radius 2 is 1.50 bits per heavy atom. The predicted octanol–water partition coefficient (Wildman–Crippen LogP) is 1.77. The molecule has 2 N–H and O–H groups in total. The molecule has 0 unspecified atom stereocenters. The van der Waals surface area contributed by atoms with Crippen LogP contribution in [0.15, 0.2) is 99.6 Å².